The number of benzene rings is 2. The largest absolute Gasteiger partial charge is 0.507 e. The maximum atomic E-state index is 14.6. The number of hydrogen-bond donors (Lipinski definition) is 1. The van der Waals surface area contributed by atoms with Crippen molar-refractivity contribution in [3.8, 4) is 22.6 Å². The highest BCUT2D eigenvalue weighted by Gasteiger charge is 2.30. The first-order valence-electron chi connectivity index (χ1n) is 19.8. The molecule has 1 aliphatic heterocycles. The molecule has 1 aliphatic carbocycles. The molecule has 6 aromatic rings. The van der Waals surface area contributed by atoms with Gasteiger partial charge in [0.1, 0.15) is 34.3 Å². The third-order valence-corrected chi connectivity index (χ3v) is 11.2. The lowest BCUT2D eigenvalue weighted by molar-refractivity contribution is 0.0139. The van der Waals surface area contributed by atoms with Crippen LogP contribution in [0.5, 0.6) is 5.75 Å². The van der Waals surface area contributed by atoms with E-state index >= 15 is 0 Å². The Kier molecular flexibility index (Phi) is 10.6. The monoisotopic (exact) mass is 805 g/mol. The predicted molar refractivity (Wildman–Crippen MR) is 217 cm³/mol. The normalized spacial score (nSPS) is 17.7. The quantitative estimate of drug-likeness (QED) is 0.163. The second-order valence-electron chi connectivity index (χ2n) is 16.5. The number of nitrogens with zero attached hydrogens (tertiary/aromatic N) is 7. The summed E-state index contributed by atoms with van der Waals surface area (Å²) in [6.07, 6.45) is 5.66. The van der Waals surface area contributed by atoms with Crippen LogP contribution in [0.2, 0.25) is 0 Å². The molecule has 2 fully saturated rings. The molecular formula is C44H45F2N7O6. The van der Waals surface area contributed by atoms with Gasteiger partial charge in [-0.05, 0) is 99.9 Å². The average molecular weight is 806 g/mol. The summed E-state index contributed by atoms with van der Waals surface area (Å²) in [6.45, 7) is 8.48. The van der Waals surface area contributed by atoms with Crippen LogP contribution < -0.4 is 11.2 Å². The average Bonchev–Trinajstić information content (AvgIpc) is 3.62. The molecule has 4 aromatic heterocycles. The fourth-order valence-electron chi connectivity index (χ4n) is 8.22. The maximum Gasteiger partial charge on any atom is 0.410 e. The number of carbonyl (C=O) groups excluding carboxylic acids is 2. The lowest BCUT2D eigenvalue weighted by Gasteiger charge is -2.35. The van der Waals surface area contributed by atoms with Crippen LogP contribution in [-0.2, 0) is 11.3 Å². The van der Waals surface area contributed by atoms with Crippen LogP contribution in [0, 0.1) is 17.6 Å². The molecule has 1 saturated carbocycles. The molecule has 306 valence electrons. The van der Waals surface area contributed by atoms with E-state index in [2.05, 4.69) is 14.9 Å². The predicted octanol–water partition coefficient (Wildman–Crippen LogP) is 6.90. The number of aromatic hydroxyl groups is 1. The van der Waals surface area contributed by atoms with E-state index in [9.17, 15) is 33.1 Å². The molecule has 2 aliphatic rings. The van der Waals surface area contributed by atoms with Crippen molar-refractivity contribution in [3.63, 3.8) is 0 Å². The number of carbonyl (C=O) groups is 2. The molecule has 1 N–H and O–H groups in total. The molecule has 2 aromatic carbocycles. The van der Waals surface area contributed by atoms with Crippen molar-refractivity contribution in [2.75, 3.05) is 26.2 Å². The van der Waals surface area contributed by atoms with Crippen LogP contribution in [0.25, 0.3) is 33.5 Å². The van der Waals surface area contributed by atoms with Gasteiger partial charge in [0.15, 0.2) is 11.4 Å². The van der Waals surface area contributed by atoms with E-state index < -0.39 is 34.5 Å². The van der Waals surface area contributed by atoms with Gasteiger partial charge in [-0.2, -0.15) is 0 Å². The van der Waals surface area contributed by atoms with Gasteiger partial charge < -0.3 is 19.1 Å². The Morgan fingerprint density at radius 3 is 2.39 bits per heavy atom. The molecular weight excluding hydrogens is 761 g/mol. The van der Waals surface area contributed by atoms with Crippen molar-refractivity contribution in [1.29, 1.82) is 0 Å². The van der Waals surface area contributed by atoms with Crippen molar-refractivity contribution in [1.82, 2.24) is 33.3 Å². The molecule has 59 heavy (non-hydrogen) atoms. The lowest BCUT2D eigenvalue weighted by atomic mass is 9.82. The lowest BCUT2D eigenvalue weighted by Crippen LogP contribution is -2.49. The zero-order valence-electron chi connectivity index (χ0n) is 33.1. The van der Waals surface area contributed by atoms with Gasteiger partial charge in [-0.1, -0.05) is 24.3 Å². The molecule has 0 bridgehead atoms. The Labute approximate surface area is 338 Å². The van der Waals surface area contributed by atoms with Crippen LogP contribution in [0.15, 0.2) is 88.8 Å². The van der Waals surface area contributed by atoms with Gasteiger partial charge >= 0.3 is 11.8 Å². The summed E-state index contributed by atoms with van der Waals surface area (Å²) in [5.74, 6) is -1.29. The van der Waals surface area contributed by atoms with Crippen LogP contribution in [0.3, 0.4) is 0 Å². The summed E-state index contributed by atoms with van der Waals surface area (Å²) in [4.78, 5) is 66.5. The summed E-state index contributed by atoms with van der Waals surface area (Å²) in [6, 6.07) is 15.8. The van der Waals surface area contributed by atoms with Crippen LogP contribution in [-0.4, -0.2) is 82.1 Å². The second kappa shape index (κ2) is 15.9. The van der Waals surface area contributed by atoms with Crippen molar-refractivity contribution >= 4 is 28.6 Å². The smallest absolute Gasteiger partial charge is 0.410 e. The first-order chi connectivity index (χ1) is 28.2. The van der Waals surface area contributed by atoms with E-state index in [0.717, 1.165) is 17.8 Å². The number of hydrogen-bond acceptors (Lipinski definition) is 9. The van der Waals surface area contributed by atoms with Crippen LogP contribution >= 0.6 is 0 Å². The Balaban J connectivity index is 1.00. The number of rotatable bonds is 8. The molecule has 0 atom stereocenters. The number of ether oxygens (including phenoxy) is 1. The zero-order valence-corrected chi connectivity index (χ0v) is 33.1. The number of piperazine rings is 1. The Bertz CT molecular complexity index is 2700. The van der Waals surface area contributed by atoms with Gasteiger partial charge in [0, 0.05) is 63.1 Å². The first kappa shape index (κ1) is 39.6. The Morgan fingerprint density at radius 2 is 1.66 bits per heavy atom. The number of fused-ring (bicyclic) bond motifs is 2. The van der Waals surface area contributed by atoms with Gasteiger partial charge in [-0.15, -0.1) is 0 Å². The fraction of sp³-hybridized carbons (Fsp3) is 0.364. The van der Waals surface area contributed by atoms with Gasteiger partial charge in [0.2, 0.25) is 0 Å². The number of phenols is 1. The number of aromatic nitrogens is 5. The number of ketones is 1. The molecule has 0 unspecified atom stereocenters. The molecule has 0 radical (unpaired) electrons. The minimum Gasteiger partial charge on any atom is -0.507 e. The highest BCUT2D eigenvalue weighted by molar-refractivity contribution is 5.95. The zero-order chi connectivity index (χ0) is 41.6. The van der Waals surface area contributed by atoms with E-state index in [1.807, 2.05) is 32.9 Å². The van der Waals surface area contributed by atoms with Crippen molar-refractivity contribution in [2.24, 2.45) is 5.92 Å². The van der Waals surface area contributed by atoms with E-state index in [1.54, 1.807) is 35.2 Å². The second-order valence-corrected chi connectivity index (χ2v) is 16.5. The van der Waals surface area contributed by atoms with E-state index in [1.165, 1.54) is 38.1 Å². The van der Waals surface area contributed by atoms with Gasteiger partial charge in [-0.3, -0.25) is 19.1 Å². The van der Waals surface area contributed by atoms with Crippen molar-refractivity contribution in [3.05, 3.63) is 123 Å². The third kappa shape index (κ3) is 8.37. The molecule has 1 saturated heterocycles. The molecule has 0 spiro atoms. The highest BCUT2D eigenvalue weighted by atomic mass is 19.1. The van der Waals surface area contributed by atoms with E-state index in [-0.39, 0.29) is 46.7 Å². The van der Waals surface area contributed by atoms with E-state index in [0.29, 0.717) is 80.9 Å². The number of amides is 1. The minimum atomic E-state index is -0.716. The first-order valence-corrected chi connectivity index (χ1v) is 19.8. The molecule has 1 amide bonds. The summed E-state index contributed by atoms with van der Waals surface area (Å²) >= 11 is 0. The number of Topliss-reactive ketones (excluding diaryl/α,β-unsaturated/α-hetero) is 1. The SMILES string of the molecule is CC(C)(C)OC(=O)N1CCN(Cc2ccc(-c3cccc(-n4c(=O)n(C5CCC(CC(=O)c6cn7cc(F)ccc7n6)CC5)c(=O)c5cc(F)cnc54)c3)c(O)c2)CC1. The molecule has 13 nitrogen and oxygen atoms in total. The van der Waals surface area contributed by atoms with Crippen molar-refractivity contribution in [2.45, 2.75) is 71.1 Å². The Hall–Kier alpha value is -6.22. The summed E-state index contributed by atoms with van der Waals surface area (Å²) < 4.78 is 37.8. The maximum absolute atomic E-state index is 14.6. The highest BCUT2D eigenvalue weighted by Crippen LogP contribution is 2.35. The number of imidazole rings is 1. The van der Waals surface area contributed by atoms with Gasteiger partial charge in [0.05, 0.1) is 17.3 Å². The van der Waals surface area contributed by atoms with Gasteiger partial charge in [-0.25, -0.2) is 32.9 Å². The van der Waals surface area contributed by atoms with Crippen LogP contribution in [0.1, 0.15) is 75.0 Å². The number of pyridine rings is 2. The summed E-state index contributed by atoms with van der Waals surface area (Å²) in [5.41, 5.74) is 1.30. The summed E-state index contributed by atoms with van der Waals surface area (Å²) in [7, 11) is 0. The summed E-state index contributed by atoms with van der Waals surface area (Å²) in [5, 5.41) is 11.2. The number of phenolic OH excluding ortho intramolecular Hbond substituents is 1. The molecule has 5 heterocycles. The van der Waals surface area contributed by atoms with Crippen molar-refractivity contribution < 1.29 is 28.2 Å². The Morgan fingerprint density at radius 1 is 0.898 bits per heavy atom. The third-order valence-electron chi connectivity index (χ3n) is 11.2. The molecule has 8 rings (SSSR count). The van der Waals surface area contributed by atoms with Crippen LogP contribution in [0.4, 0.5) is 13.6 Å². The topological polar surface area (TPSA) is 144 Å². The fourth-order valence-corrected chi connectivity index (χ4v) is 8.22. The minimum absolute atomic E-state index is 0.00718. The van der Waals surface area contributed by atoms with E-state index in [4.69, 9.17) is 4.74 Å². The molecule has 15 heteroatoms. The number of halogens is 2. The standard InChI is InChI=1S/C44H45F2N7O6/c1-44(2,3)59-43(58)50-17-15-49(16-18-50)24-28-9-13-34(37(54)20-28)29-5-4-6-33(21-29)52-40-35(22-31(46)23-47-40)41(56)53(42(52)57)32-11-7-27(8-12-32)19-38(55)36-26-51-25-30(45)10-14-39(51)48-36/h4-6,9-10,13-14,20-23,25-27,32,54H,7-8,11-12,15-19,24H2,1-3H3. The van der Waals surface area contributed by atoms with Gasteiger partial charge in [0.25, 0.3) is 5.56 Å².